The molecule has 0 radical (unpaired) electrons. The SMILES string of the molecule is N#Cc1cc(C#N)cc(-c2ccc3cc(-c4nc(-c5ccccc5)nc(-c5ccc(-c6ccc(C78C[C@H]9C[C@@H](C7)C[C@@H](C8)C9)cc6)cc5)n4)ccc3c2)c1. The van der Waals surface area contributed by atoms with Crippen molar-refractivity contribution in [3.05, 3.63) is 150 Å². The summed E-state index contributed by atoms with van der Waals surface area (Å²) in [5.41, 5.74) is 9.87. The number of benzene rings is 6. The van der Waals surface area contributed by atoms with Crippen LogP contribution in [-0.4, -0.2) is 15.0 Å². The van der Waals surface area contributed by atoms with Crippen LogP contribution in [0.5, 0.6) is 0 Å². The third-order valence-corrected chi connectivity index (χ3v) is 12.3. The lowest BCUT2D eigenvalue weighted by molar-refractivity contribution is -0.00518. The molecule has 5 nitrogen and oxygen atoms in total. The van der Waals surface area contributed by atoms with Gasteiger partial charge in [0.15, 0.2) is 17.5 Å². The molecule has 4 bridgehead atoms. The molecule has 0 spiro atoms. The normalized spacial score (nSPS) is 21.1. The Labute approximate surface area is 315 Å². The van der Waals surface area contributed by atoms with Gasteiger partial charge in [0, 0.05) is 16.7 Å². The fourth-order valence-corrected chi connectivity index (χ4v) is 10.1. The van der Waals surface area contributed by atoms with E-state index in [0.717, 1.165) is 56.3 Å². The predicted molar refractivity (Wildman–Crippen MR) is 214 cm³/mol. The highest BCUT2D eigenvalue weighted by Gasteiger charge is 2.51. The number of hydrogen-bond donors (Lipinski definition) is 0. The molecule has 4 aliphatic carbocycles. The zero-order valence-corrected chi connectivity index (χ0v) is 29.9. The smallest absolute Gasteiger partial charge is 0.164 e. The van der Waals surface area contributed by atoms with Gasteiger partial charge in [-0.2, -0.15) is 10.5 Å². The quantitative estimate of drug-likeness (QED) is 0.173. The van der Waals surface area contributed by atoms with Crippen LogP contribution in [-0.2, 0) is 5.41 Å². The highest BCUT2D eigenvalue weighted by Crippen LogP contribution is 2.60. The minimum absolute atomic E-state index is 0.409. The van der Waals surface area contributed by atoms with Crippen LogP contribution in [0.2, 0.25) is 0 Å². The van der Waals surface area contributed by atoms with Crippen LogP contribution in [0.3, 0.4) is 0 Å². The van der Waals surface area contributed by atoms with E-state index in [-0.39, 0.29) is 0 Å². The molecule has 1 aromatic heterocycles. The number of aromatic nitrogens is 3. The molecule has 4 aliphatic rings. The van der Waals surface area contributed by atoms with Crippen LogP contribution in [0.4, 0.5) is 0 Å². The van der Waals surface area contributed by atoms with E-state index < -0.39 is 0 Å². The average Bonchev–Trinajstić information content (AvgIpc) is 3.23. The van der Waals surface area contributed by atoms with Gasteiger partial charge in [0.1, 0.15) is 0 Å². The second-order valence-corrected chi connectivity index (χ2v) is 15.8. The third-order valence-electron chi connectivity index (χ3n) is 12.3. The number of rotatable bonds is 6. The van der Waals surface area contributed by atoms with E-state index in [4.69, 9.17) is 15.0 Å². The van der Waals surface area contributed by atoms with E-state index in [1.807, 2.05) is 54.6 Å². The number of nitriles is 2. The average molecular weight is 696 g/mol. The van der Waals surface area contributed by atoms with Gasteiger partial charge in [-0.15, -0.1) is 0 Å². The zero-order chi connectivity index (χ0) is 36.2. The molecule has 0 atom stereocenters. The molecule has 0 unspecified atom stereocenters. The monoisotopic (exact) mass is 695 g/mol. The summed E-state index contributed by atoms with van der Waals surface area (Å²) >= 11 is 0. The van der Waals surface area contributed by atoms with Gasteiger partial charge in [0.2, 0.25) is 0 Å². The largest absolute Gasteiger partial charge is 0.208 e. The van der Waals surface area contributed by atoms with Gasteiger partial charge in [-0.25, -0.2) is 15.0 Å². The minimum Gasteiger partial charge on any atom is -0.208 e. The molecule has 0 N–H and O–H groups in total. The summed E-state index contributed by atoms with van der Waals surface area (Å²) in [7, 11) is 0. The second-order valence-electron chi connectivity index (χ2n) is 15.8. The van der Waals surface area contributed by atoms with E-state index in [0.29, 0.717) is 34.0 Å². The Hall–Kier alpha value is -6.43. The van der Waals surface area contributed by atoms with Crippen molar-refractivity contribution in [3.63, 3.8) is 0 Å². The fraction of sp³-hybridized carbons (Fsp3) is 0.204. The maximum atomic E-state index is 9.48. The van der Waals surface area contributed by atoms with Crippen molar-refractivity contribution in [1.29, 1.82) is 10.5 Å². The van der Waals surface area contributed by atoms with E-state index in [1.165, 1.54) is 49.7 Å². The molecule has 54 heavy (non-hydrogen) atoms. The topological polar surface area (TPSA) is 86.2 Å². The minimum atomic E-state index is 0.409. The number of nitrogens with zero attached hydrogens (tertiary/aromatic N) is 5. The zero-order valence-electron chi connectivity index (χ0n) is 29.9. The van der Waals surface area contributed by atoms with Gasteiger partial charge in [-0.05, 0) is 131 Å². The van der Waals surface area contributed by atoms with Crippen molar-refractivity contribution in [2.24, 2.45) is 17.8 Å². The van der Waals surface area contributed by atoms with Crippen LogP contribution < -0.4 is 0 Å². The van der Waals surface area contributed by atoms with Gasteiger partial charge >= 0.3 is 0 Å². The standard InChI is InChI=1S/C49H37N5/c50-29-34-21-35(30-51)23-44(22-34)42-11-10-41-25-43(13-12-40(41)24-42)48-53-46(38-4-2-1-3-5-38)52-47(54-48)39-8-6-36(7-9-39)37-14-16-45(17-15-37)49-26-31-18-32(27-49)20-33(19-31)28-49/h1-17,21-25,31-33H,18-20,26-28H2/t31-,32+,33-,49?. The highest BCUT2D eigenvalue weighted by molar-refractivity contribution is 5.90. The number of hydrogen-bond acceptors (Lipinski definition) is 5. The van der Waals surface area contributed by atoms with Gasteiger partial charge in [0.25, 0.3) is 0 Å². The van der Waals surface area contributed by atoms with Gasteiger partial charge in [0.05, 0.1) is 23.3 Å². The number of fused-ring (bicyclic) bond motifs is 1. The van der Waals surface area contributed by atoms with Crippen LogP contribution in [0.1, 0.15) is 55.2 Å². The summed E-state index contributed by atoms with van der Waals surface area (Å²) in [6, 6.07) is 50.1. The molecule has 4 saturated carbocycles. The molecule has 0 saturated heterocycles. The summed E-state index contributed by atoms with van der Waals surface area (Å²) in [4.78, 5) is 15.0. The Kier molecular flexibility index (Phi) is 7.70. The Bertz CT molecular complexity index is 2580. The first kappa shape index (κ1) is 32.2. The molecular formula is C49H37N5. The maximum absolute atomic E-state index is 9.48. The fourth-order valence-electron chi connectivity index (χ4n) is 10.1. The van der Waals surface area contributed by atoms with Crippen LogP contribution in [0.25, 0.3) is 67.2 Å². The van der Waals surface area contributed by atoms with Gasteiger partial charge in [-0.3, -0.25) is 0 Å². The van der Waals surface area contributed by atoms with Crippen LogP contribution in [0.15, 0.2) is 133 Å². The lowest BCUT2D eigenvalue weighted by atomic mass is 9.48. The van der Waals surface area contributed by atoms with Crippen molar-refractivity contribution in [2.75, 3.05) is 0 Å². The molecule has 0 aliphatic heterocycles. The molecule has 4 fully saturated rings. The van der Waals surface area contributed by atoms with Crippen molar-refractivity contribution < 1.29 is 0 Å². The molecule has 6 aromatic carbocycles. The summed E-state index contributed by atoms with van der Waals surface area (Å²) < 4.78 is 0. The lowest BCUT2D eigenvalue weighted by Gasteiger charge is -2.57. The first-order valence-corrected chi connectivity index (χ1v) is 19.0. The first-order valence-electron chi connectivity index (χ1n) is 19.0. The first-order chi connectivity index (χ1) is 26.5. The molecule has 1 heterocycles. The van der Waals surface area contributed by atoms with Gasteiger partial charge < -0.3 is 0 Å². The van der Waals surface area contributed by atoms with Crippen LogP contribution >= 0.6 is 0 Å². The Balaban J connectivity index is 0.963. The van der Waals surface area contributed by atoms with Crippen molar-refractivity contribution >= 4 is 10.8 Å². The maximum Gasteiger partial charge on any atom is 0.164 e. The molecular weight excluding hydrogens is 659 g/mol. The summed E-state index contributed by atoms with van der Waals surface area (Å²) in [6.07, 6.45) is 8.56. The summed E-state index contributed by atoms with van der Waals surface area (Å²) in [5, 5.41) is 21.0. The van der Waals surface area contributed by atoms with Crippen molar-refractivity contribution in [3.8, 4) is 68.6 Å². The van der Waals surface area contributed by atoms with E-state index in [2.05, 4.69) is 84.9 Å². The molecule has 0 amide bonds. The van der Waals surface area contributed by atoms with Crippen LogP contribution in [0, 0.1) is 40.4 Å². The van der Waals surface area contributed by atoms with Crippen molar-refractivity contribution in [1.82, 2.24) is 15.0 Å². The predicted octanol–water partition coefficient (Wildman–Crippen LogP) is 11.6. The Morgan fingerprint density at radius 2 is 0.870 bits per heavy atom. The van der Waals surface area contributed by atoms with E-state index in [9.17, 15) is 10.5 Å². The second kappa shape index (κ2) is 12.9. The van der Waals surface area contributed by atoms with E-state index >= 15 is 0 Å². The Morgan fingerprint density at radius 1 is 0.426 bits per heavy atom. The van der Waals surface area contributed by atoms with Crippen molar-refractivity contribution in [2.45, 2.75) is 43.9 Å². The molecule has 7 aromatic rings. The Morgan fingerprint density at radius 3 is 1.43 bits per heavy atom. The van der Waals surface area contributed by atoms with E-state index in [1.54, 1.807) is 11.6 Å². The third kappa shape index (κ3) is 5.83. The molecule has 258 valence electrons. The molecule has 5 heteroatoms. The summed E-state index contributed by atoms with van der Waals surface area (Å²) in [5.74, 6) is 4.69. The lowest BCUT2D eigenvalue weighted by Crippen LogP contribution is -2.48. The van der Waals surface area contributed by atoms with Gasteiger partial charge in [-0.1, -0.05) is 103 Å². The molecule has 11 rings (SSSR count). The highest BCUT2D eigenvalue weighted by atomic mass is 15.0. The summed E-state index contributed by atoms with van der Waals surface area (Å²) in [6.45, 7) is 0.